The minimum Gasteiger partial charge on any atom is -0.297 e. The van der Waals surface area contributed by atoms with E-state index in [1.165, 1.54) is 4.57 Å². The first kappa shape index (κ1) is 13.0. The smallest absolute Gasteiger partial charge is 0.297 e. The van der Waals surface area contributed by atoms with Crippen molar-refractivity contribution in [2.45, 2.75) is 51.5 Å². The average molecular weight is 283 g/mol. The number of nitrogens with zero attached hydrogens (tertiary/aromatic N) is 1. The minimum atomic E-state index is -0.344. The summed E-state index contributed by atoms with van der Waals surface area (Å²) in [6.07, 6.45) is 4.53. The van der Waals surface area contributed by atoms with E-state index >= 15 is 0 Å². The summed E-state index contributed by atoms with van der Waals surface area (Å²) in [5.74, 6) is 1.03. The largest absolute Gasteiger partial charge is 0.329 e. The highest BCUT2D eigenvalue weighted by atomic mass is 35.5. The molecule has 2 aliphatic rings. The Hall–Kier alpha value is -1.03. The highest BCUT2D eigenvalue weighted by Gasteiger charge is 2.44. The van der Waals surface area contributed by atoms with Crippen LogP contribution in [0.25, 0.3) is 0 Å². The van der Waals surface area contributed by atoms with Crippen molar-refractivity contribution < 1.29 is 0 Å². The Morgan fingerprint density at radius 2 is 1.68 bits per heavy atom. The molecule has 1 aromatic rings. The fourth-order valence-corrected chi connectivity index (χ4v) is 3.37. The van der Waals surface area contributed by atoms with Crippen molar-refractivity contribution in [1.82, 2.24) is 9.55 Å². The molecule has 0 atom stereocenters. The van der Waals surface area contributed by atoms with Crippen LogP contribution in [-0.4, -0.2) is 9.55 Å². The molecule has 5 heteroatoms. The van der Waals surface area contributed by atoms with Gasteiger partial charge in [-0.15, -0.1) is 0 Å². The Labute approximate surface area is 116 Å². The average Bonchev–Trinajstić information content (AvgIpc) is 3.16. The summed E-state index contributed by atoms with van der Waals surface area (Å²) in [4.78, 5) is 27.4. The number of rotatable bonds is 4. The van der Waals surface area contributed by atoms with E-state index in [1.807, 2.05) is 13.8 Å². The Morgan fingerprint density at radius 3 is 2.11 bits per heavy atom. The number of aromatic nitrogens is 2. The Kier molecular flexibility index (Phi) is 3.08. The monoisotopic (exact) mass is 282 g/mol. The molecule has 2 aliphatic carbocycles. The summed E-state index contributed by atoms with van der Waals surface area (Å²) in [5.41, 5.74) is 0.00307. The zero-order valence-electron chi connectivity index (χ0n) is 11.3. The first-order valence-electron chi connectivity index (χ1n) is 7.05. The van der Waals surface area contributed by atoms with Gasteiger partial charge in [-0.05, 0) is 43.4 Å². The fourth-order valence-electron chi connectivity index (χ4n) is 2.99. The summed E-state index contributed by atoms with van der Waals surface area (Å²) in [6, 6.07) is 0.0889. The molecule has 3 rings (SSSR count). The van der Waals surface area contributed by atoms with Crippen molar-refractivity contribution in [3.8, 4) is 0 Å². The van der Waals surface area contributed by atoms with Crippen LogP contribution in [-0.2, 0) is 0 Å². The predicted molar refractivity (Wildman–Crippen MR) is 74.9 cm³/mol. The summed E-state index contributed by atoms with van der Waals surface area (Å²) in [5, 5.41) is 0.201. The van der Waals surface area contributed by atoms with Gasteiger partial charge in [0.2, 0.25) is 0 Å². The Bertz CT molecular complexity index is 597. The van der Waals surface area contributed by atoms with Gasteiger partial charge in [-0.3, -0.25) is 14.3 Å². The Morgan fingerprint density at radius 1 is 1.16 bits per heavy atom. The quantitative estimate of drug-likeness (QED) is 0.863. The van der Waals surface area contributed by atoms with Crippen LogP contribution in [0.2, 0.25) is 5.15 Å². The van der Waals surface area contributed by atoms with Gasteiger partial charge in [0.05, 0.1) is 5.56 Å². The van der Waals surface area contributed by atoms with Crippen LogP contribution < -0.4 is 11.2 Å². The first-order valence-corrected chi connectivity index (χ1v) is 7.42. The van der Waals surface area contributed by atoms with Crippen LogP contribution in [0.5, 0.6) is 0 Å². The summed E-state index contributed by atoms with van der Waals surface area (Å²) in [6.45, 7) is 3.85. The lowest BCUT2D eigenvalue weighted by molar-refractivity contribution is 0.367. The molecule has 104 valence electrons. The van der Waals surface area contributed by atoms with Crippen molar-refractivity contribution in [3.05, 3.63) is 31.6 Å². The number of halogens is 1. The van der Waals surface area contributed by atoms with Crippen LogP contribution in [0.4, 0.5) is 0 Å². The van der Waals surface area contributed by atoms with Crippen LogP contribution >= 0.6 is 11.6 Å². The molecule has 1 N–H and O–H groups in total. The van der Waals surface area contributed by atoms with Gasteiger partial charge < -0.3 is 0 Å². The van der Waals surface area contributed by atoms with Crippen LogP contribution in [0, 0.1) is 11.8 Å². The van der Waals surface area contributed by atoms with Crippen molar-refractivity contribution in [2.75, 3.05) is 0 Å². The minimum absolute atomic E-state index is 0.0159. The molecule has 1 aromatic heterocycles. The number of hydrogen-bond donors (Lipinski definition) is 1. The third-order valence-corrected chi connectivity index (χ3v) is 4.50. The lowest BCUT2D eigenvalue weighted by atomic mass is 10.0. The highest BCUT2D eigenvalue weighted by molar-refractivity contribution is 6.30. The van der Waals surface area contributed by atoms with Gasteiger partial charge in [0.15, 0.2) is 0 Å². The molecule has 2 saturated carbocycles. The number of hydrogen-bond acceptors (Lipinski definition) is 2. The standard InChI is InChI=1S/C14H19ClN2O2/c1-7(2)10-12(15)16-14(19)17(13(10)18)11(8-3-4-8)9-5-6-9/h7-9,11H,3-6H2,1-2H3,(H,16,19). The molecule has 19 heavy (non-hydrogen) atoms. The lowest BCUT2D eigenvalue weighted by Gasteiger charge is -2.20. The Balaban J connectivity index is 2.17. The van der Waals surface area contributed by atoms with Crippen molar-refractivity contribution in [3.63, 3.8) is 0 Å². The predicted octanol–water partition coefficient (Wildman–Crippen LogP) is 2.67. The van der Waals surface area contributed by atoms with E-state index < -0.39 is 0 Å². The van der Waals surface area contributed by atoms with E-state index in [-0.39, 0.29) is 28.4 Å². The van der Waals surface area contributed by atoms with Crippen LogP contribution in [0.15, 0.2) is 9.59 Å². The van der Waals surface area contributed by atoms with E-state index in [9.17, 15) is 9.59 Å². The molecule has 0 aliphatic heterocycles. The maximum Gasteiger partial charge on any atom is 0.329 e. The third kappa shape index (κ3) is 2.27. The number of nitrogens with one attached hydrogen (secondary N) is 1. The maximum absolute atomic E-state index is 12.6. The zero-order valence-corrected chi connectivity index (χ0v) is 12.0. The van der Waals surface area contributed by atoms with Gasteiger partial charge in [0.1, 0.15) is 5.15 Å². The lowest BCUT2D eigenvalue weighted by Crippen LogP contribution is -2.41. The molecule has 0 radical (unpaired) electrons. The molecule has 0 unspecified atom stereocenters. The second-order valence-electron chi connectivity index (χ2n) is 6.15. The van der Waals surface area contributed by atoms with Gasteiger partial charge in [0, 0.05) is 6.04 Å². The van der Waals surface area contributed by atoms with E-state index in [0.717, 1.165) is 25.7 Å². The maximum atomic E-state index is 12.6. The number of aromatic amines is 1. The fraction of sp³-hybridized carbons (Fsp3) is 0.714. The summed E-state index contributed by atoms with van der Waals surface area (Å²) >= 11 is 6.03. The molecule has 4 nitrogen and oxygen atoms in total. The second-order valence-corrected chi connectivity index (χ2v) is 6.53. The van der Waals surface area contributed by atoms with E-state index in [4.69, 9.17) is 11.6 Å². The topological polar surface area (TPSA) is 54.9 Å². The normalized spacial score (nSPS) is 19.4. The molecule has 0 bridgehead atoms. The SMILES string of the molecule is CC(C)c1c(Cl)[nH]c(=O)n(C(C2CC2)C2CC2)c1=O. The van der Waals surface area contributed by atoms with E-state index in [0.29, 0.717) is 17.4 Å². The third-order valence-electron chi connectivity index (χ3n) is 4.21. The van der Waals surface area contributed by atoms with Crippen LogP contribution in [0.1, 0.15) is 57.1 Å². The van der Waals surface area contributed by atoms with Gasteiger partial charge in [-0.2, -0.15) is 0 Å². The van der Waals surface area contributed by atoms with Crippen molar-refractivity contribution >= 4 is 11.6 Å². The molecule has 1 heterocycles. The molecule has 0 aromatic carbocycles. The zero-order chi connectivity index (χ0) is 13.7. The van der Waals surface area contributed by atoms with Crippen LogP contribution in [0.3, 0.4) is 0 Å². The summed E-state index contributed by atoms with van der Waals surface area (Å²) < 4.78 is 1.45. The molecule has 0 spiro atoms. The van der Waals surface area contributed by atoms with Crippen molar-refractivity contribution in [1.29, 1.82) is 0 Å². The number of H-pyrrole nitrogens is 1. The molecular formula is C14H19ClN2O2. The highest BCUT2D eigenvalue weighted by Crippen LogP contribution is 2.51. The molecule has 0 amide bonds. The first-order chi connectivity index (χ1) is 9.00. The van der Waals surface area contributed by atoms with Gasteiger partial charge in [-0.25, -0.2) is 4.79 Å². The second kappa shape index (κ2) is 4.51. The molecule has 0 saturated heterocycles. The summed E-state index contributed by atoms with van der Waals surface area (Å²) in [7, 11) is 0. The molecular weight excluding hydrogens is 264 g/mol. The van der Waals surface area contributed by atoms with Crippen molar-refractivity contribution in [2.24, 2.45) is 11.8 Å². The molecule has 2 fully saturated rings. The van der Waals surface area contributed by atoms with Gasteiger partial charge >= 0.3 is 5.69 Å². The van der Waals surface area contributed by atoms with E-state index in [1.54, 1.807) is 0 Å². The van der Waals surface area contributed by atoms with E-state index in [2.05, 4.69) is 4.98 Å². The van der Waals surface area contributed by atoms with Gasteiger partial charge in [0.25, 0.3) is 5.56 Å². The van der Waals surface area contributed by atoms with Gasteiger partial charge in [-0.1, -0.05) is 25.4 Å².